The van der Waals surface area contributed by atoms with Gasteiger partial charge in [-0.1, -0.05) is 12.1 Å². The summed E-state index contributed by atoms with van der Waals surface area (Å²) in [5.41, 5.74) is 2.97. The quantitative estimate of drug-likeness (QED) is 0.701. The van der Waals surface area contributed by atoms with E-state index in [1.165, 1.54) is 5.56 Å². The van der Waals surface area contributed by atoms with Crippen molar-refractivity contribution in [2.45, 2.75) is 6.92 Å². The van der Waals surface area contributed by atoms with Crippen molar-refractivity contribution in [1.29, 1.82) is 0 Å². The summed E-state index contributed by atoms with van der Waals surface area (Å²) in [7, 11) is 5.66. The maximum absolute atomic E-state index is 5.87. The number of methoxy groups -OCH3 is 1. The number of ether oxygens (including phenoxy) is 2. The van der Waals surface area contributed by atoms with Gasteiger partial charge in [0, 0.05) is 23.7 Å². The Balaban J connectivity index is 1.93. The summed E-state index contributed by atoms with van der Waals surface area (Å²) in [6.45, 7) is 3.46. The molecule has 26 heavy (non-hydrogen) atoms. The SMILES string of the molecule is COc1cc2c(Nc3cccc(C)c3)ncnc2cc1OCCN(C)C. The molecule has 0 radical (unpaired) electrons. The normalized spacial score (nSPS) is 11.0. The Bertz CT molecular complexity index is 896. The molecule has 0 fully saturated rings. The Hall–Kier alpha value is -2.86. The smallest absolute Gasteiger partial charge is 0.163 e. The second kappa shape index (κ2) is 8.01. The minimum Gasteiger partial charge on any atom is -0.493 e. The Morgan fingerprint density at radius 3 is 2.65 bits per heavy atom. The van der Waals surface area contributed by atoms with Gasteiger partial charge in [0.2, 0.25) is 0 Å². The van der Waals surface area contributed by atoms with E-state index in [4.69, 9.17) is 9.47 Å². The number of likely N-dealkylation sites (N-methyl/N-ethyl adjacent to an activating group) is 1. The van der Waals surface area contributed by atoms with Gasteiger partial charge in [-0.15, -0.1) is 0 Å². The molecule has 1 heterocycles. The van der Waals surface area contributed by atoms with Crippen molar-refractivity contribution in [2.75, 3.05) is 39.7 Å². The molecule has 0 aliphatic carbocycles. The predicted molar refractivity (Wildman–Crippen MR) is 105 cm³/mol. The van der Waals surface area contributed by atoms with Crippen LogP contribution in [-0.4, -0.2) is 49.2 Å². The highest BCUT2D eigenvalue weighted by Gasteiger charge is 2.12. The number of nitrogens with zero attached hydrogens (tertiary/aromatic N) is 3. The summed E-state index contributed by atoms with van der Waals surface area (Å²) >= 11 is 0. The molecule has 1 aromatic heterocycles. The van der Waals surface area contributed by atoms with Crippen LogP contribution in [0.25, 0.3) is 10.9 Å². The van der Waals surface area contributed by atoms with Crippen molar-refractivity contribution in [3.63, 3.8) is 0 Å². The maximum Gasteiger partial charge on any atom is 0.163 e. The van der Waals surface area contributed by atoms with E-state index >= 15 is 0 Å². The van der Waals surface area contributed by atoms with E-state index in [-0.39, 0.29) is 0 Å². The van der Waals surface area contributed by atoms with Gasteiger partial charge in [-0.05, 0) is 44.8 Å². The van der Waals surface area contributed by atoms with Crippen LogP contribution in [-0.2, 0) is 0 Å². The molecule has 0 unspecified atom stereocenters. The van der Waals surface area contributed by atoms with Crippen LogP contribution in [0.3, 0.4) is 0 Å². The number of rotatable bonds is 7. The molecule has 3 rings (SSSR count). The first kappa shape index (κ1) is 17.9. The fourth-order valence-electron chi connectivity index (χ4n) is 2.63. The van der Waals surface area contributed by atoms with Crippen LogP contribution in [0.15, 0.2) is 42.7 Å². The molecule has 0 saturated heterocycles. The lowest BCUT2D eigenvalue weighted by molar-refractivity contribution is 0.251. The Kier molecular flexibility index (Phi) is 5.53. The lowest BCUT2D eigenvalue weighted by Crippen LogP contribution is -2.19. The molecule has 1 N–H and O–H groups in total. The van der Waals surface area contributed by atoms with E-state index in [1.54, 1.807) is 13.4 Å². The molecule has 0 atom stereocenters. The zero-order valence-electron chi connectivity index (χ0n) is 15.6. The van der Waals surface area contributed by atoms with Crippen LogP contribution < -0.4 is 14.8 Å². The van der Waals surface area contributed by atoms with E-state index in [9.17, 15) is 0 Å². The van der Waals surface area contributed by atoms with E-state index in [0.717, 1.165) is 29.0 Å². The zero-order chi connectivity index (χ0) is 18.5. The van der Waals surface area contributed by atoms with E-state index < -0.39 is 0 Å². The first-order valence-corrected chi connectivity index (χ1v) is 8.51. The van der Waals surface area contributed by atoms with Gasteiger partial charge in [-0.25, -0.2) is 9.97 Å². The number of hydrogen-bond acceptors (Lipinski definition) is 6. The summed E-state index contributed by atoms with van der Waals surface area (Å²) < 4.78 is 11.4. The highest BCUT2D eigenvalue weighted by atomic mass is 16.5. The number of anilines is 2. The average Bonchev–Trinajstić information content (AvgIpc) is 2.61. The highest BCUT2D eigenvalue weighted by molar-refractivity contribution is 5.93. The fourth-order valence-corrected chi connectivity index (χ4v) is 2.63. The summed E-state index contributed by atoms with van der Waals surface area (Å²) in [4.78, 5) is 10.8. The topological polar surface area (TPSA) is 59.5 Å². The molecular weight excluding hydrogens is 328 g/mol. The first-order chi connectivity index (χ1) is 12.6. The van der Waals surface area contributed by atoms with Crippen molar-refractivity contribution in [2.24, 2.45) is 0 Å². The first-order valence-electron chi connectivity index (χ1n) is 8.51. The third kappa shape index (κ3) is 4.21. The Morgan fingerprint density at radius 1 is 1.08 bits per heavy atom. The monoisotopic (exact) mass is 352 g/mol. The number of hydrogen-bond donors (Lipinski definition) is 1. The molecule has 0 spiro atoms. The minimum atomic E-state index is 0.578. The van der Waals surface area contributed by atoms with Crippen LogP contribution in [0.4, 0.5) is 11.5 Å². The van der Waals surface area contributed by atoms with E-state index in [0.29, 0.717) is 18.1 Å². The molecule has 136 valence electrons. The molecule has 0 amide bonds. The van der Waals surface area contributed by atoms with Crippen LogP contribution >= 0.6 is 0 Å². The number of fused-ring (bicyclic) bond motifs is 1. The summed E-state index contributed by atoms with van der Waals surface area (Å²) in [5.74, 6) is 2.08. The molecule has 2 aromatic carbocycles. The lowest BCUT2D eigenvalue weighted by atomic mass is 10.2. The summed E-state index contributed by atoms with van der Waals surface area (Å²) in [6, 6.07) is 12.0. The maximum atomic E-state index is 5.87. The molecule has 6 heteroatoms. The number of nitrogens with one attached hydrogen (secondary N) is 1. The second-order valence-corrected chi connectivity index (χ2v) is 6.39. The van der Waals surface area contributed by atoms with Gasteiger partial charge in [-0.3, -0.25) is 0 Å². The number of aromatic nitrogens is 2. The summed E-state index contributed by atoms with van der Waals surface area (Å²) in [6.07, 6.45) is 1.55. The molecule has 0 bridgehead atoms. The molecular formula is C20H24N4O2. The second-order valence-electron chi connectivity index (χ2n) is 6.39. The van der Waals surface area contributed by atoms with Gasteiger partial charge < -0.3 is 19.7 Å². The van der Waals surface area contributed by atoms with Crippen molar-refractivity contribution >= 4 is 22.4 Å². The van der Waals surface area contributed by atoms with Crippen LogP contribution in [0.1, 0.15) is 5.56 Å². The fraction of sp³-hybridized carbons (Fsp3) is 0.300. The molecule has 6 nitrogen and oxygen atoms in total. The van der Waals surface area contributed by atoms with E-state index in [2.05, 4.69) is 39.2 Å². The molecule has 3 aromatic rings. The predicted octanol–water partition coefficient (Wildman–Crippen LogP) is 3.63. The van der Waals surface area contributed by atoms with Crippen molar-refractivity contribution in [1.82, 2.24) is 14.9 Å². The van der Waals surface area contributed by atoms with Gasteiger partial charge in [0.1, 0.15) is 18.8 Å². The molecule has 0 aliphatic heterocycles. The van der Waals surface area contributed by atoms with Gasteiger partial charge in [0.05, 0.1) is 12.6 Å². The number of benzene rings is 2. The Labute approximate surface area is 153 Å². The van der Waals surface area contributed by atoms with Gasteiger partial charge in [0.15, 0.2) is 11.5 Å². The average molecular weight is 352 g/mol. The molecule has 0 saturated carbocycles. The van der Waals surface area contributed by atoms with Gasteiger partial charge >= 0.3 is 0 Å². The van der Waals surface area contributed by atoms with Crippen LogP contribution in [0, 0.1) is 6.92 Å². The molecule has 0 aliphatic rings. The van der Waals surface area contributed by atoms with Crippen molar-refractivity contribution in [3.05, 3.63) is 48.3 Å². The van der Waals surface area contributed by atoms with Crippen molar-refractivity contribution < 1.29 is 9.47 Å². The van der Waals surface area contributed by atoms with Gasteiger partial charge in [-0.2, -0.15) is 0 Å². The standard InChI is InChI=1S/C20H24N4O2/c1-14-6-5-7-15(10-14)23-20-16-11-18(25-4)19(26-9-8-24(2)3)12-17(16)21-13-22-20/h5-7,10-13H,8-9H2,1-4H3,(H,21,22,23). The van der Waals surface area contributed by atoms with Gasteiger partial charge in [0.25, 0.3) is 0 Å². The van der Waals surface area contributed by atoms with Crippen LogP contribution in [0.5, 0.6) is 11.5 Å². The Morgan fingerprint density at radius 2 is 1.92 bits per heavy atom. The lowest BCUT2D eigenvalue weighted by Gasteiger charge is -2.15. The number of aryl methyl sites for hydroxylation is 1. The third-order valence-corrected chi connectivity index (χ3v) is 4.00. The minimum absolute atomic E-state index is 0.578. The highest BCUT2D eigenvalue weighted by Crippen LogP contribution is 2.34. The van der Waals surface area contributed by atoms with E-state index in [1.807, 2.05) is 38.4 Å². The van der Waals surface area contributed by atoms with Crippen LogP contribution in [0.2, 0.25) is 0 Å². The largest absolute Gasteiger partial charge is 0.493 e. The summed E-state index contributed by atoms with van der Waals surface area (Å²) in [5, 5.41) is 4.24. The van der Waals surface area contributed by atoms with Crippen molar-refractivity contribution in [3.8, 4) is 11.5 Å². The zero-order valence-corrected chi connectivity index (χ0v) is 15.6. The third-order valence-electron chi connectivity index (χ3n) is 4.00.